The van der Waals surface area contributed by atoms with Crippen molar-refractivity contribution >= 4 is 38.9 Å². The maximum absolute atomic E-state index is 12.3. The highest BCUT2D eigenvalue weighted by Gasteiger charge is 2.21. The molecule has 146 valence electrons. The average Bonchev–Trinajstić information content (AvgIpc) is 3.38. The molecular formula is C18H16N2O6S2. The Hall–Kier alpha value is -2.95. The number of hydrogen-bond acceptors (Lipinski definition) is 7. The van der Waals surface area contributed by atoms with Gasteiger partial charge in [-0.1, -0.05) is 6.07 Å². The van der Waals surface area contributed by atoms with Crippen molar-refractivity contribution in [3.8, 4) is 0 Å². The summed E-state index contributed by atoms with van der Waals surface area (Å²) >= 11 is 1.42. The largest absolute Gasteiger partial charge is 0.465 e. The number of esters is 1. The number of carbonyl (C=O) groups excluding carboxylic acids is 2. The lowest BCUT2D eigenvalue weighted by molar-refractivity contribution is 0.0600. The first-order valence-electron chi connectivity index (χ1n) is 8.00. The van der Waals surface area contributed by atoms with Gasteiger partial charge < -0.3 is 14.5 Å². The molecule has 0 unspecified atom stereocenters. The Morgan fingerprint density at radius 2 is 1.86 bits per heavy atom. The van der Waals surface area contributed by atoms with Gasteiger partial charge in [-0.05, 0) is 47.8 Å². The molecule has 0 saturated carbocycles. The number of hydrogen-bond donors (Lipinski definition) is 2. The number of rotatable bonds is 7. The maximum Gasteiger partial charge on any atom is 0.337 e. The smallest absolute Gasteiger partial charge is 0.337 e. The van der Waals surface area contributed by atoms with Crippen LogP contribution >= 0.6 is 11.3 Å². The Labute approximate surface area is 165 Å². The van der Waals surface area contributed by atoms with E-state index in [9.17, 15) is 18.0 Å². The number of carbonyl (C=O) groups is 2. The molecule has 2 N–H and O–H groups in total. The lowest BCUT2D eigenvalue weighted by Gasteiger charge is -2.05. The zero-order valence-corrected chi connectivity index (χ0v) is 16.3. The molecule has 0 atom stereocenters. The third-order valence-corrected chi connectivity index (χ3v) is 5.80. The molecule has 1 amide bonds. The average molecular weight is 420 g/mol. The van der Waals surface area contributed by atoms with Crippen LogP contribution in [0.2, 0.25) is 0 Å². The minimum Gasteiger partial charge on any atom is -0.465 e. The third-order valence-electron chi connectivity index (χ3n) is 3.65. The molecule has 10 heteroatoms. The van der Waals surface area contributed by atoms with Crippen molar-refractivity contribution in [3.63, 3.8) is 0 Å². The molecule has 0 aliphatic heterocycles. The molecule has 0 saturated heterocycles. The van der Waals surface area contributed by atoms with Gasteiger partial charge in [-0.25, -0.2) is 17.9 Å². The Kier molecular flexibility index (Phi) is 5.93. The van der Waals surface area contributed by atoms with Crippen LogP contribution in [0.4, 0.5) is 5.69 Å². The Morgan fingerprint density at radius 3 is 2.50 bits per heavy atom. The number of methoxy groups -OCH3 is 1. The summed E-state index contributed by atoms with van der Waals surface area (Å²) in [5, 5.41) is 4.06. The van der Waals surface area contributed by atoms with E-state index in [0.29, 0.717) is 11.3 Å². The number of anilines is 1. The molecule has 0 aliphatic carbocycles. The fourth-order valence-electron chi connectivity index (χ4n) is 2.24. The zero-order chi connectivity index (χ0) is 20.1. The number of amides is 1. The second-order valence-electron chi connectivity index (χ2n) is 5.55. The molecule has 1 aromatic carbocycles. The number of furan rings is 1. The molecule has 28 heavy (non-hydrogen) atoms. The summed E-state index contributed by atoms with van der Waals surface area (Å²) in [6.07, 6.45) is 0. The van der Waals surface area contributed by atoms with Crippen LogP contribution in [-0.2, 0) is 21.3 Å². The molecule has 0 aliphatic rings. The van der Waals surface area contributed by atoms with E-state index in [1.165, 1.54) is 54.8 Å². The van der Waals surface area contributed by atoms with Crippen LogP contribution in [0.5, 0.6) is 0 Å². The summed E-state index contributed by atoms with van der Waals surface area (Å²) in [6.45, 7) is 0.134. The van der Waals surface area contributed by atoms with E-state index < -0.39 is 21.9 Å². The number of nitrogens with one attached hydrogen (secondary N) is 2. The van der Waals surface area contributed by atoms with Gasteiger partial charge in [0.05, 0.1) is 12.7 Å². The lowest BCUT2D eigenvalue weighted by Crippen LogP contribution is -2.22. The van der Waals surface area contributed by atoms with Gasteiger partial charge in [-0.3, -0.25) is 4.79 Å². The predicted molar refractivity (Wildman–Crippen MR) is 103 cm³/mol. The van der Waals surface area contributed by atoms with Gasteiger partial charge in [-0.2, -0.15) is 0 Å². The molecular weight excluding hydrogens is 404 g/mol. The monoisotopic (exact) mass is 420 g/mol. The van der Waals surface area contributed by atoms with E-state index in [4.69, 9.17) is 4.42 Å². The van der Waals surface area contributed by atoms with Gasteiger partial charge in [0.1, 0.15) is 0 Å². The van der Waals surface area contributed by atoms with Gasteiger partial charge >= 0.3 is 5.97 Å². The Balaban J connectivity index is 1.65. The number of thiophene rings is 1. The normalized spacial score (nSPS) is 11.2. The Bertz CT molecular complexity index is 1070. The highest BCUT2D eigenvalue weighted by molar-refractivity contribution is 7.89. The van der Waals surface area contributed by atoms with E-state index in [1.54, 1.807) is 6.07 Å². The first-order chi connectivity index (χ1) is 13.4. The molecule has 0 radical (unpaired) electrons. The predicted octanol–water partition coefficient (Wildman–Crippen LogP) is 2.86. The van der Waals surface area contributed by atoms with Crippen molar-refractivity contribution in [2.45, 2.75) is 11.6 Å². The number of benzene rings is 1. The summed E-state index contributed by atoms with van der Waals surface area (Å²) in [6, 6.07) is 12.1. The first-order valence-corrected chi connectivity index (χ1v) is 10.4. The van der Waals surface area contributed by atoms with Crippen LogP contribution in [0.1, 0.15) is 25.8 Å². The van der Waals surface area contributed by atoms with Gasteiger partial charge in [0.2, 0.25) is 5.09 Å². The minimum atomic E-state index is -3.88. The van der Waals surface area contributed by atoms with Crippen molar-refractivity contribution in [2.24, 2.45) is 0 Å². The molecule has 2 aromatic heterocycles. The summed E-state index contributed by atoms with van der Waals surface area (Å²) in [4.78, 5) is 24.5. The SMILES string of the molecule is COC(=O)c1ccc(NC(=O)c2ccc(S(=O)(=O)NCc3cccs3)o2)cc1. The van der Waals surface area contributed by atoms with Crippen molar-refractivity contribution in [2.75, 3.05) is 12.4 Å². The number of sulfonamides is 1. The van der Waals surface area contributed by atoms with Crippen LogP contribution in [0.25, 0.3) is 0 Å². The molecule has 0 spiro atoms. The van der Waals surface area contributed by atoms with Crippen molar-refractivity contribution in [3.05, 3.63) is 70.1 Å². The standard InChI is InChI=1S/C18H16N2O6S2/c1-25-18(22)12-4-6-13(7-5-12)20-17(21)15-8-9-16(26-15)28(23,24)19-11-14-3-2-10-27-14/h2-10,19H,11H2,1H3,(H,20,21). The van der Waals surface area contributed by atoms with Crippen LogP contribution in [0.3, 0.4) is 0 Å². The second kappa shape index (κ2) is 8.38. The third kappa shape index (κ3) is 4.66. The van der Waals surface area contributed by atoms with Crippen molar-refractivity contribution in [1.29, 1.82) is 0 Å². The van der Waals surface area contributed by atoms with E-state index >= 15 is 0 Å². The van der Waals surface area contributed by atoms with E-state index in [-0.39, 0.29) is 17.4 Å². The quantitative estimate of drug-likeness (QED) is 0.568. The summed E-state index contributed by atoms with van der Waals surface area (Å²) in [7, 11) is -2.61. The van der Waals surface area contributed by atoms with Gasteiger partial charge in [0.25, 0.3) is 15.9 Å². The van der Waals surface area contributed by atoms with Crippen LogP contribution in [0, 0.1) is 0 Å². The van der Waals surface area contributed by atoms with Crippen LogP contribution in [0.15, 0.2) is 63.4 Å². The highest BCUT2D eigenvalue weighted by atomic mass is 32.2. The fourth-order valence-corrected chi connectivity index (χ4v) is 3.91. The summed E-state index contributed by atoms with van der Waals surface area (Å²) in [5.74, 6) is -1.27. The van der Waals surface area contributed by atoms with Gasteiger partial charge in [0.15, 0.2) is 5.76 Å². The molecule has 3 rings (SSSR count). The maximum atomic E-state index is 12.3. The first kappa shape index (κ1) is 19.8. The fraction of sp³-hybridized carbons (Fsp3) is 0.111. The molecule has 0 bridgehead atoms. The molecule has 2 heterocycles. The molecule has 3 aromatic rings. The van der Waals surface area contributed by atoms with E-state index in [1.807, 2.05) is 11.4 Å². The van der Waals surface area contributed by atoms with Crippen LogP contribution in [-0.4, -0.2) is 27.4 Å². The lowest BCUT2D eigenvalue weighted by atomic mass is 10.2. The van der Waals surface area contributed by atoms with Gasteiger partial charge in [-0.15, -0.1) is 11.3 Å². The van der Waals surface area contributed by atoms with E-state index in [0.717, 1.165) is 4.88 Å². The van der Waals surface area contributed by atoms with Gasteiger partial charge in [0, 0.05) is 17.1 Å². The van der Waals surface area contributed by atoms with Crippen molar-refractivity contribution < 1.29 is 27.2 Å². The Morgan fingerprint density at radius 1 is 1.11 bits per heavy atom. The summed E-state index contributed by atoms with van der Waals surface area (Å²) < 4.78 is 36.8. The zero-order valence-electron chi connectivity index (χ0n) is 14.7. The second-order valence-corrected chi connectivity index (χ2v) is 8.28. The summed E-state index contributed by atoms with van der Waals surface area (Å²) in [5.41, 5.74) is 0.748. The van der Waals surface area contributed by atoms with Crippen molar-refractivity contribution in [1.82, 2.24) is 4.72 Å². The minimum absolute atomic E-state index is 0.134. The topological polar surface area (TPSA) is 115 Å². The van der Waals surface area contributed by atoms with E-state index in [2.05, 4.69) is 14.8 Å². The van der Waals surface area contributed by atoms with Crippen LogP contribution < -0.4 is 10.0 Å². The molecule has 8 nitrogen and oxygen atoms in total. The highest BCUT2D eigenvalue weighted by Crippen LogP contribution is 2.17. The molecule has 0 fully saturated rings. The number of ether oxygens (including phenoxy) is 1.